The summed E-state index contributed by atoms with van der Waals surface area (Å²) in [4.78, 5) is 7.82. The number of hydrogen-bond acceptors (Lipinski definition) is 5. The molecule has 0 saturated heterocycles. The van der Waals surface area contributed by atoms with Crippen LogP contribution in [0.2, 0.25) is 0 Å². The summed E-state index contributed by atoms with van der Waals surface area (Å²) < 4.78 is 31.0. The van der Waals surface area contributed by atoms with Gasteiger partial charge in [-0.3, -0.25) is 4.98 Å². The van der Waals surface area contributed by atoms with Gasteiger partial charge in [0.25, 0.3) is 5.92 Å². The maximum absolute atomic E-state index is 12.9. The molecule has 0 amide bonds. The third-order valence-electron chi connectivity index (χ3n) is 1.89. The summed E-state index contributed by atoms with van der Waals surface area (Å²) in [7, 11) is 0. The molecule has 0 atom stereocenters. The summed E-state index contributed by atoms with van der Waals surface area (Å²) in [5, 5.41) is 2.47. The van der Waals surface area contributed by atoms with Crippen molar-refractivity contribution in [1.29, 1.82) is 0 Å². The Labute approximate surface area is 98.4 Å². The molecule has 1 aromatic rings. The quantitative estimate of drug-likeness (QED) is 0.758. The van der Waals surface area contributed by atoms with E-state index in [-0.39, 0.29) is 5.82 Å². The zero-order valence-corrected chi connectivity index (χ0v) is 9.62. The number of halogens is 2. The van der Waals surface area contributed by atoms with Crippen molar-refractivity contribution in [2.45, 2.75) is 19.3 Å². The number of nitrogens with one attached hydrogen (secondary N) is 1. The van der Waals surface area contributed by atoms with Gasteiger partial charge in [-0.15, -0.1) is 0 Å². The number of aromatic nitrogens is 2. The second-order valence-electron chi connectivity index (χ2n) is 3.50. The predicted molar refractivity (Wildman–Crippen MR) is 60.3 cm³/mol. The number of hydrogen-bond donors (Lipinski definition) is 2. The van der Waals surface area contributed by atoms with Gasteiger partial charge in [-0.05, 0) is 6.42 Å². The van der Waals surface area contributed by atoms with E-state index in [1.54, 1.807) is 0 Å². The second kappa shape index (κ2) is 6.29. The van der Waals surface area contributed by atoms with Crippen LogP contribution in [0, 0.1) is 0 Å². The number of alkyl halides is 2. The fourth-order valence-corrected chi connectivity index (χ4v) is 1.00. The van der Waals surface area contributed by atoms with Crippen molar-refractivity contribution in [1.82, 2.24) is 9.97 Å². The summed E-state index contributed by atoms with van der Waals surface area (Å²) in [6.07, 6.45) is 3.62. The van der Waals surface area contributed by atoms with Crippen LogP contribution in [0.5, 0.6) is 5.88 Å². The number of nitrogens with two attached hydrogens (primary N) is 1. The standard InChI is InChI=1S/C10H16F2N4O/c1-2-3-17-9-5-14-4-8(16-9)15-7-10(11,12)6-13/h4-5H,2-3,6-7,13H2,1H3,(H,15,16). The first-order valence-corrected chi connectivity index (χ1v) is 5.34. The highest BCUT2D eigenvalue weighted by Crippen LogP contribution is 2.14. The molecule has 0 fully saturated rings. The first kappa shape index (κ1) is 13.6. The van der Waals surface area contributed by atoms with Crippen LogP contribution in [-0.2, 0) is 0 Å². The van der Waals surface area contributed by atoms with Gasteiger partial charge in [0.2, 0.25) is 5.88 Å². The molecule has 96 valence electrons. The summed E-state index contributed by atoms with van der Waals surface area (Å²) in [6, 6.07) is 0. The van der Waals surface area contributed by atoms with Crippen LogP contribution < -0.4 is 15.8 Å². The van der Waals surface area contributed by atoms with E-state index in [2.05, 4.69) is 15.3 Å². The summed E-state index contributed by atoms with van der Waals surface area (Å²) in [5.41, 5.74) is 4.92. The van der Waals surface area contributed by atoms with Crippen molar-refractivity contribution in [3.63, 3.8) is 0 Å². The Morgan fingerprint density at radius 2 is 2.24 bits per heavy atom. The molecule has 17 heavy (non-hydrogen) atoms. The number of ether oxygens (including phenoxy) is 1. The lowest BCUT2D eigenvalue weighted by Crippen LogP contribution is -2.35. The van der Waals surface area contributed by atoms with Crippen LogP contribution in [0.25, 0.3) is 0 Å². The average Bonchev–Trinajstić information content (AvgIpc) is 2.35. The van der Waals surface area contributed by atoms with Gasteiger partial charge < -0.3 is 15.8 Å². The molecule has 5 nitrogen and oxygen atoms in total. The number of rotatable bonds is 7. The smallest absolute Gasteiger partial charge is 0.276 e. The minimum atomic E-state index is -2.96. The van der Waals surface area contributed by atoms with Crippen molar-refractivity contribution in [3.05, 3.63) is 12.4 Å². The minimum absolute atomic E-state index is 0.242. The van der Waals surface area contributed by atoms with Crippen molar-refractivity contribution in [3.8, 4) is 5.88 Å². The normalized spacial score (nSPS) is 11.3. The van der Waals surface area contributed by atoms with Gasteiger partial charge in [0, 0.05) is 0 Å². The Morgan fingerprint density at radius 1 is 1.47 bits per heavy atom. The molecule has 0 aliphatic heterocycles. The summed E-state index contributed by atoms with van der Waals surface area (Å²) >= 11 is 0. The van der Waals surface area contributed by atoms with Crippen LogP contribution in [0.4, 0.5) is 14.6 Å². The largest absolute Gasteiger partial charge is 0.477 e. The molecule has 1 rings (SSSR count). The molecule has 0 unspecified atom stereocenters. The maximum Gasteiger partial charge on any atom is 0.276 e. The Bertz CT molecular complexity index is 349. The Morgan fingerprint density at radius 3 is 2.88 bits per heavy atom. The Balaban J connectivity index is 2.53. The molecule has 0 radical (unpaired) electrons. The highest BCUT2D eigenvalue weighted by molar-refractivity contribution is 5.33. The van der Waals surface area contributed by atoms with E-state index in [4.69, 9.17) is 10.5 Å². The predicted octanol–water partition coefficient (Wildman–Crippen LogP) is 1.27. The van der Waals surface area contributed by atoms with E-state index in [0.717, 1.165) is 6.42 Å². The van der Waals surface area contributed by atoms with E-state index in [1.807, 2.05) is 6.92 Å². The molecule has 0 aliphatic rings. The van der Waals surface area contributed by atoms with Gasteiger partial charge in [0.15, 0.2) is 0 Å². The fourth-order valence-electron chi connectivity index (χ4n) is 1.00. The minimum Gasteiger partial charge on any atom is -0.477 e. The van der Waals surface area contributed by atoms with Gasteiger partial charge in [0.1, 0.15) is 5.82 Å². The molecule has 0 aromatic carbocycles. The lowest BCUT2D eigenvalue weighted by molar-refractivity contribution is 0.0253. The fraction of sp³-hybridized carbons (Fsp3) is 0.600. The van der Waals surface area contributed by atoms with Gasteiger partial charge in [-0.25, -0.2) is 8.78 Å². The highest BCUT2D eigenvalue weighted by Gasteiger charge is 2.26. The molecule has 0 saturated carbocycles. The van der Waals surface area contributed by atoms with E-state index in [0.29, 0.717) is 12.5 Å². The van der Waals surface area contributed by atoms with E-state index in [1.165, 1.54) is 12.4 Å². The van der Waals surface area contributed by atoms with Crippen LogP contribution in [0.3, 0.4) is 0 Å². The molecule has 0 aliphatic carbocycles. The average molecular weight is 246 g/mol. The van der Waals surface area contributed by atoms with Crippen LogP contribution in [0.15, 0.2) is 12.4 Å². The SMILES string of the molecule is CCCOc1cncc(NCC(F)(F)CN)n1. The van der Waals surface area contributed by atoms with Crippen LogP contribution in [0.1, 0.15) is 13.3 Å². The first-order chi connectivity index (χ1) is 8.07. The van der Waals surface area contributed by atoms with E-state index < -0.39 is 19.0 Å². The maximum atomic E-state index is 12.9. The van der Waals surface area contributed by atoms with Gasteiger partial charge in [-0.1, -0.05) is 6.92 Å². The van der Waals surface area contributed by atoms with Crippen LogP contribution >= 0.6 is 0 Å². The van der Waals surface area contributed by atoms with E-state index >= 15 is 0 Å². The molecule has 0 spiro atoms. The van der Waals surface area contributed by atoms with Gasteiger partial charge in [0.05, 0.1) is 32.1 Å². The molecule has 3 N–H and O–H groups in total. The van der Waals surface area contributed by atoms with Crippen LogP contribution in [-0.4, -0.2) is 35.6 Å². The molecule has 7 heteroatoms. The lowest BCUT2D eigenvalue weighted by Gasteiger charge is -2.14. The monoisotopic (exact) mass is 246 g/mol. The third-order valence-corrected chi connectivity index (χ3v) is 1.89. The molecular weight excluding hydrogens is 230 g/mol. The number of nitrogens with zero attached hydrogens (tertiary/aromatic N) is 2. The Kier molecular flexibility index (Phi) is 5.02. The lowest BCUT2D eigenvalue weighted by atomic mass is 10.3. The summed E-state index contributed by atoms with van der Waals surface area (Å²) in [5.74, 6) is -2.40. The van der Waals surface area contributed by atoms with Crippen molar-refractivity contribution in [2.24, 2.45) is 5.73 Å². The van der Waals surface area contributed by atoms with E-state index in [9.17, 15) is 8.78 Å². The zero-order chi connectivity index (χ0) is 12.7. The van der Waals surface area contributed by atoms with Gasteiger partial charge >= 0.3 is 0 Å². The van der Waals surface area contributed by atoms with Gasteiger partial charge in [-0.2, -0.15) is 4.98 Å². The van der Waals surface area contributed by atoms with Crippen molar-refractivity contribution < 1.29 is 13.5 Å². The third kappa shape index (κ3) is 4.90. The Hall–Kier alpha value is -1.50. The van der Waals surface area contributed by atoms with Crippen molar-refractivity contribution >= 4 is 5.82 Å². The second-order valence-corrected chi connectivity index (χ2v) is 3.50. The highest BCUT2D eigenvalue weighted by atomic mass is 19.3. The molecule has 1 heterocycles. The topological polar surface area (TPSA) is 73.1 Å². The molecule has 0 bridgehead atoms. The molecular formula is C10H16F2N4O. The number of anilines is 1. The summed E-state index contributed by atoms with van der Waals surface area (Å²) in [6.45, 7) is 1.18. The zero-order valence-electron chi connectivity index (χ0n) is 9.62. The molecule has 1 aromatic heterocycles. The van der Waals surface area contributed by atoms with Crippen molar-refractivity contribution in [2.75, 3.05) is 25.0 Å². The first-order valence-electron chi connectivity index (χ1n) is 5.34.